The van der Waals surface area contributed by atoms with Crippen LogP contribution in [-0.4, -0.2) is 82.0 Å². The number of carbonyl (C=O) groups excluding carboxylic acids is 3. The number of carboxylic acid groups (broad SMARTS) is 1. The Kier molecular flexibility index (Phi) is 7.42. The summed E-state index contributed by atoms with van der Waals surface area (Å²) in [6.45, 7) is 0.988. The lowest BCUT2D eigenvalue weighted by atomic mass is 9.87. The number of nitrogen functional groups attached to an aromatic ring is 1. The van der Waals surface area contributed by atoms with Gasteiger partial charge >= 0.3 is 0 Å². The van der Waals surface area contributed by atoms with E-state index in [1.54, 1.807) is 5.38 Å². The highest BCUT2D eigenvalue weighted by Gasteiger charge is 2.54. The Morgan fingerprint density at radius 1 is 1.43 bits per heavy atom. The van der Waals surface area contributed by atoms with E-state index in [-0.39, 0.29) is 28.0 Å². The summed E-state index contributed by atoms with van der Waals surface area (Å²) < 4.78 is 0. The fourth-order valence-corrected chi connectivity index (χ4v) is 8.46. The molecule has 0 spiro atoms. The zero-order valence-electron chi connectivity index (χ0n) is 22.0. The summed E-state index contributed by atoms with van der Waals surface area (Å²) in [4.78, 5) is 56.2. The summed E-state index contributed by atoms with van der Waals surface area (Å²) in [5.74, 6) is -2.88. The first-order valence-electron chi connectivity index (χ1n) is 12.7. The van der Waals surface area contributed by atoms with Gasteiger partial charge in [0.1, 0.15) is 24.2 Å². The van der Waals surface area contributed by atoms with Crippen molar-refractivity contribution in [1.29, 1.82) is 5.41 Å². The normalized spacial score (nSPS) is 21.1. The number of rotatable bonds is 9. The van der Waals surface area contributed by atoms with Crippen molar-refractivity contribution in [1.82, 2.24) is 20.1 Å². The molecule has 0 aromatic carbocycles. The van der Waals surface area contributed by atoms with Crippen LogP contribution in [0.3, 0.4) is 0 Å². The summed E-state index contributed by atoms with van der Waals surface area (Å²) in [5.41, 5.74) is 7.04. The molecule has 0 saturated carbocycles. The standard InChI is InChI=1S/C26H24N8O5S3/c1-39-32-18(15-10-41-26(28)30-15)21(35)31-19-23(36)34-20(25(37)38)14(9-40-24(19)34)17(13-4-6-33(8-13)11-27)16-7-12-3-2-5-29-22(12)42-16/h2-5,7,10-11,17,19,24,27H,6,8-9H2,1H3,(H2,28,30)(H,31,35)(H,37,38)/b27-11?,32-18-/t17?,19?,24-/m1/s1. The minimum atomic E-state index is -1.46. The number of thiophene rings is 1. The minimum absolute atomic E-state index is 0.153. The van der Waals surface area contributed by atoms with Gasteiger partial charge in [-0.3, -0.25) is 19.9 Å². The highest BCUT2D eigenvalue weighted by Crippen LogP contribution is 2.48. The third-order valence-electron chi connectivity index (χ3n) is 7.17. The highest BCUT2D eigenvalue weighted by molar-refractivity contribution is 8.00. The van der Waals surface area contributed by atoms with Gasteiger partial charge in [-0.2, -0.15) is 0 Å². The van der Waals surface area contributed by atoms with E-state index in [2.05, 4.69) is 20.4 Å². The number of hydrogen-bond acceptors (Lipinski definition) is 12. The number of amides is 2. The van der Waals surface area contributed by atoms with Gasteiger partial charge in [0.2, 0.25) is 0 Å². The van der Waals surface area contributed by atoms with Crippen LogP contribution in [0.2, 0.25) is 0 Å². The summed E-state index contributed by atoms with van der Waals surface area (Å²) in [5, 5.41) is 28.9. The molecule has 2 amide bonds. The number of aromatic amines is 1. The molecule has 3 aliphatic rings. The highest BCUT2D eigenvalue weighted by atomic mass is 32.2. The van der Waals surface area contributed by atoms with E-state index >= 15 is 0 Å². The van der Waals surface area contributed by atoms with Gasteiger partial charge in [0.15, 0.2) is 17.0 Å². The second kappa shape index (κ2) is 11.2. The third kappa shape index (κ3) is 4.80. The number of carbonyl (C=O) groups is 3. The number of nitrogens with two attached hydrogens (primary N) is 1. The van der Waals surface area contributed by atoms with Crippen molar-refractivity contribution in [3.8, 4) is 0 Å². The van der Waals surface area contributed by atoms with Gasteiger partial charge in [0.25, 0.3) is 16.6 Å². The van der Waals surface area contributed by atoms with Crippen molar-refractivity contribution in [3.63, 3.8) is 0 Å². The van der Waals surface area contributed by atoms with Crippen LogP contribution in [0.4, 0.5) is 5.13 Å². The zero-order valence-corrected chi connectivity index (χ0v) is 24.5. The molecular weight excluding hydrogens is 601 g/mol. The molecule has 216 valence electrons. The number of nitrogens with one attached hydrogen (secondary N) is 3. The summed E-state index contributed by atoms with van der Waals surface area (Å²) in [7, 11) is 1.28. The Hall–Kier alpha value is -4.28. The van der Waals surface area contributed by atoms with Crippen molar-refractivity contribution >= 4 is 79.6 Å². The van der Waals surface area contributed by atoms with Crippen LogP contribution >= 0.6 is 34.4 Å². The molecule has 1 fully saturated rings. The number of thioether (sulfide) groups is 1. The number of thiazole rings is 1. The SMILES string of the molecule is CO/N=C(\C(=O)NC1C(=O)N2C(C(=O)[O-])=C(C(C3=CCN(C=N)C3)c3cc4ccc[nH+]c4s3)CS[C@H]12)c1csc(N)n1. The number of aromatic nitrogens is 2. The first-order chi connectivity index (χ1) is 20.3. The second-order valence-electron chi connectivity index (χ2n) is 9.59. The lowest BCUT2D eigenvalue weighted by Crippen LogP contribution is -2.71. The van der Waals surface area contributed by atoms with Crippen LogP contribution in [0.1, 0.15) is 16.5 Å². The topological polar surface area (TPSA) is 191 Å². The summed E-state index contributed by atoms with van der Waals surface area (Å²) >= 11 is 4.00. The maximum Gasteiger partial charge on any atom is 0.276 e. The largest absolute Gasteiger partial charge is 0.543 e. The first kappa shape index (κ1) is 27.9. The number of fused-ring (bicyclic) bond motifs is 2. The van der Waals surface area contributed by atoms with Crippen LogP contribution in [0.15, 0.2) is 57.9 Å². The van der Waals surface area contributed by atoms with Gasteiger partial charge in [0.05, 0.1) is 23.4 Å². The van der Waals surface area contributed by atoms with Crippen LogP contribution in [0.25, 0.3) is 10.2 Å². The summed E-state index contributed by atoms with van der Waals surface area (Å²) in [6, 6.07) is 4.90. The molecular formula is C26H24N8O5S3. The average Bonchev–Trinajstić information content (AvgIpc) is 3.74. The number of hydrogen-bond donors (Lipinski definition) is 3. The predicted octanol–water partition coefficient (Wildman–Crippen LogP) is 0.141. The molecule has 3 aliphatic heterocycles. The van der Waals surface area contributed by atoms with E-state index in [4.69, 9.17) is 16.0 Å². The fraction of sp³-hybridized carbons (Fsp3) is 0.269. The molecule has 6 rings (SSSR count). The predicted molar refractivity (Wildman–Crippen MR) is 157 cm³/mol. The Balaban J connectivity index is 1.33. The fourth-order valence-electron chi connectivity index (χ4n) is 5.32. The number of anilines is 1. The molecule has 3 aromatic heterocycles. The molecule has 0 bridgehead atoms. The Morgan fingerprint density at radius 3 is 2.93 bits per heavy atom. The van der Waals surface area contributed by atoms with Crippen molar-refractivity contribution in [2.45, 2.75) is 17.3 Å². The van der Waals surface area contributed by atoms with E-state index < -0.39 is 35.1 Å². The van der Waals surface area contributed by atoms with E-state index in [9.17, 15) is 19.5 Å². The molecule has 13 nitrogen and oxygen atoms in total. The maximum atomic E-state index is 13.4. The van der Waals surface area contributed by atoms with Gasteiger partial charge in [-0.25, -0.2) is 9.97 Å². The molecule has 0 aliphatic carbocycles. The summed E-state index contributed by atoms with van der Waals surface area (Å²) in [6.07, 6.45) is 5.09. The van der Waals surface area contributed by atoms with Crippen molar-refractivity contribution < 1.29 is 29.3 Å². The van der Waals surface area contributed by atoms with E-state index in [0.29, 0.717) is 18.7 Å². The molecule has 16 heteroatoms. The van der Waals surface area contributed by atoms with Crippen LogP contribution < -0.4 is 21.1 Å². The molecule has 0 radical (unpaired) electrons. The van der Waals surface area contributed by atoms with E-state index in [1.165, 1.54) is 41.4 Å². The lowest BCUT2D eigenvalue weighted by Gasteiger charge is -2.51. The van der Waals surface area contributed by atoms with E-state index in [0.717, 1.165) is 32.0 Å². The minimum Gasteiger partial charge on any atom is -0.543 e. The van der Waals surface area contributed by atoms with Crippen molar-refractivity contribution in [2.24, 2.45) is 5.16 Å². The Bertz CT molecular complexity index is 1680. The van der Waals surface area contributed by atoms with Gasteiger partial charge in [0, 0.05) is 41.1 Å². The number of pyridine rings is 1. The van der Waals surface area contributed by atoms with E-state index in [1.807, 2.05) is 35.4 Å². The molecule has 5 N–H and O–H groups in total. The van der Waals surface area contributed by atoms with Gasteiger partial charge in [-0.15, -0.1) is 23.1 Å². The van der Waals surface area contributed by atoms with Crippen LogP contribution in [-0.2, 0) is 19.2 Å². The quantitative estimate of drug-likeness (QED) is 0.0977. The van der Waals surface area contributed by atoms with Gasteiger partial charge < -0.3 is 30.7 Å². The van der Waals surface area contributed by atoms with Crippen LogP contribution in [0.5, 0.6) is 0 Å². The van der Waals surface area contributed by atoms with Crippen molar-refractivity contribution in [3.05, 3.63) is 63.3 Å². The zero-order chi connectivity index (χ0) is 29.5. The molecule has 42 heavy (non-hydrogen) atoms. The Labute approximate surface area is 251 Å². The molecule has 2 unspecified atom stereocenters. The third-order valence-corrected chi connectivity index (χ3v) is 10.3. The van der Waals surface area contributed by atoms with Crippen molar-refractivity contribution in [2.75, 3.05) is 31.7 Å². The first-order valence-corrected chi connectivity index (χ1v) is 15.4. The number of β-lactam (4-membered cyclic amide) rings is 1. The second-order valence-corrected chi connectivity index (χ2v) is 12.7. The number of nitrogens with zero attached hydrogens (tertiary/aromatic N) is 4. The Morgan fingerprint density at radius 2 is 2.26 bits per heavy atom. The number of aliphatic carboxylic acids is 1. The van der Waals surface area contributed by atoms with Gasteiger partial charge in [-0.1, -0.05) is 22.6 Å². The van der Waals surface area contributed by atoms with Crippen LogP contribution in [0, 0.1) is 5.41 Å². The smallest absolute Gasteiger partial charge is 0.276 e. The number of carboxylic acids is 1. The molecule has 3 atom stereocenters. The monoisotopic (exact) mass is 624 g/mol. The number of oxime groups is 1. The molecule has 3 aromatic rings. The maximum absolute atomic E-state index is 13.4. The average molecular weight is 625 g/mol. The molecule has 6 heterocycles. The lowest BCUT2D eigenvalue weighted by molar-refractivity contribution is -0.341. The van der Waals surface area contributed by atoms with Gasteiger partial charge in [-0.05, 0) is 23.3 Å². The number of H-pyrrole nitrogens is 1. The molecule has 1 saturated heterocycles.